The molecule has 2 atom stereocenters. The molecule has 0 bridgehead atoms. The van der Waals surface area contributed by atoms with E-state index in [1.807, 2.05) is 27.7 Å². The summed E-state index contributed by atoms with van der Waals surface area (Å²) in [6.07, 6.45) is -0.633. The second-order valence-electron chi connectivity index (χ2n) is 5.67. The molecule has 4 nitrogen and oxygen atoms in total. The number of nitrogens with one attached hydrogen (secondary N) is 1. The van der Waals surface area contributed by atoms with Crippen LogP contribution in [0.1, 0.15) is 33.3 Å². The van der Waals surface area contributed by atoms with Crippen molar-refractivity contribution in [3.05, 3.63) is 29.8 Å². The summed E-state index contributed by atoms with van der Waals surface area (Å²) in [5.74, 6) is 0.506. The van der Waals surface area contributed by atoms with Crippen LogP contribution in [0.3, 0.4) is 0 Å². The Labute approximate surface area is 127 Å². The third-order valence-corrected chi connectivity index (χ3v) is 2.65. The molecule has 0 amide bonds. The van der Waals surface area contributed by atoms with E-state index in [1.54, 1.807) is 24.3 Å². The molecule has 0 saturated carbocycles. The summed E-state index contributed by atoms with van der Waals surface area (Å²) in [7, 11) is 0. The molecule has 0 aliphatic carbocycles. The first-order valence-corrected chi connectivity index (χ1v) is 6.41. The zero-order valence-corrected chi connectivity index (χ0v) is 13.2. The molecule has 1 aromatic rings. The number of benzene rings is 1. The Morgan fingerprint density at radius 2 is 1.95 bits per heavy atom. The van der Waals surface area contributed by atoms with Gasteiger partial charge in [0.05, 0.1) is 5.56 Å². The van der Waals surface area contributed by atoms with Crippen LogP contribution in [-0.2, 0) is 0 Å². The molecule has 20 heavy (non-hydrogen) atoms. The molecule has 0 fully saturated rings. The number of rotatable bonds is 5. The topological polar surface area (TPSA) is 65.3 Å². The minimum atomic E-state index is -0.633. The van der Waals surface area contributed by atoms with E-state index in [4.69, 9.17) is 10.00 Å². The highest BCUT2D eigenvalue weighted by molar-refractivity contribution is 5.85. The van der Waals surface area contributed by atoms with Gasteiger partial charge in [-0.05, 0) is 39.8 Å². The minimum absolute atomic E-state index is 0. The van der Waals surface area contributed by atoms with E-state index < -0.39 is 6.10 Å². The van der Waals surface area contributed by atoms with Crippen LogP contribution in [0.2, 0.25) is 0 Å². The molecule has 0 aliphatic heterocycles. The smallest absolute Gasteiger partial charge is 0.137 e. The number of aliphatic hydroxyl groups excluding tert-OH is 1. The number of halogens is 1. The standard InChI is InChI=1S/C15H22N2O2.ClH/c1-11(17-15(2,3)4)13(18)10-19-14-8-6-5-7-12(14)9-16;/h5-8,11,13,17-18H,10H2,1-4H3;1H. The fourth-order valence-corrected chi connectivity index (χ4v) is 1.78. The monoisotopic (exact) mass is 298 g/mol. The number of nitriles is 1. The summed E-state index contributed by atoms with van der Waals surface area (Å²) in [6.45, 7) is 8.20. The molecular formula is C15H23ClN2O2. The number of hydrogen-bond acceptors (Lipinski definition) is 4. The molecular weight excluding hydrogens is 276 g/mol. The molecule has 0 aromatic heterocycles. The quantitative estimate of drug-likeness (QED) is 0.876. The normalized spacial score (nSPS) is 13.8. The number of nitrogens with zero attached hydrogens (tertiary/aromatic N) is 1. The molecule has 0 spiro atoms. The highest BCUT2D eigenvalue weighted by atomic mass is 35.5. The second-order valence-corrected chi connectivity index (χ2v) is 5.67. The summed E-state index contributed by atoms with van der Waals surface area (Å²) >= 11 is 0. The van der Waals surface area contributed by atoms with E-state index in [0.29, 0.717) is 11.3 Å². The van der Waals surface area contributed by atoms with E-state index >= 15 is 0 Å². The predicted octanol–water partition coefficient (Wildman–Crippen LogP) is 2.50. The van der Waals surface area contributed by atoms with Crippen molar-refractivity contribution in [1.82, 2.24) is 5.32 Å². The van der Waals surface area contributed by atoms with Gasteiger partial charge in [0.15, 0.2) is 0 Å². The van der Waals surface area contributed by atoms with Gasteiger partial charge in [0.1, 0.15) is 24.5 Å². The second kappa shape index (κ2) is 8.11. The molecule has 1 aromatic carbocycles. The van der Waals surface area contributed by atoms with Crippen LogP contribution in [-0.4, -0.2) is 29.4 Å². The van der Waals surface area contributed by atoms with E-state index in [0.717, 1.165) is 0 Å². The molecule has 0 saturated heterocycles. The van der Waals surface area contributed by atoms with Crippen molar-refractivity contribution in [2.24, 2.45) is 0 Å². The molecule has 0 radical (unpaired) electrons. The van der Waals surface area contributed by atoms with Gasteiger partial charge in [-0.25, -0.2) is 0 Å². The van der Waals surface area contributed by atoms with Crippen molar-refractivity contribution >= 4 is 12.4 Å². The van der Waals surface area contributed by atoms with Crippen molar-refractivity contribution in [2.45, 2.75) is 45.4 Å². The Balaban J connectivity index is 0.00000361. The average Bonchev–Trinajstić information content (AvgIpc) is 2.34. The highest BCUT2D eigenvalue weighted by Crippen LogP contribution is 2.17. The maximum Gasteiger partial charge on any atom is 0.137 e. The molecule has 0 aliphatic rings. The third-order valence-electron chi connectivity index (χ3n) is 2.65. The molecule has 5 heteroatoms. The van der Waals surface area contributed by atoms with Crippen molar-refractivity contribution in [1.29, 1.82) is 5.26 Å². The van der Waals surface area contributed by atoms with Crippen molar-refractivity contribution < 1.29 is 9.84 Å². The van der Waals surface area contributed by atoms with Crippen LogP contribution in [0.15, 0.2) is 24.3 Å². The Kier molecular flexibility index (Phi) is 7.59. The van der Waals surface area contributed by atoms with Crippen LogP contribution >= 0.6 is 12.4 Å². The number of ether oxygens (including phenoxy) is 1. The number of para-hydroxylation sites is 1. The summed E-state index contributed by atoms with van der Waals surface area (Å²) in [4.78, 5) is 0. The van der Waals surface area contributed by atoms with Crippen LogP contribution in [0.4, 0.5) is 0 Å². The fourth-order valence-electron chi connectivity index (χ4n) is 1.78. The van der Waals surface area contributed by atoms with Gasteiger partial charge in [-0.3, -0.25) is 0 Å². The van der Waals surface area contributed by atoms with Gasteiger partial charge in [-0.2, -0.15) is 5.26 Å². The van der Waals surface area contributed by atoms with Crippen LogP contribution in [0.25, 0.3) is 0 Å². The highest BCUT2D eigenvalue weighted by Gasteiger charge is 2.20. The fraction of sp³-hybridized carbons (Fsp3) is 0.533. The lowest BCUT2D eigenvalue weighted by Crippen LogP contribution is -2.49. The minimum Gasteiger partial charge on any atom is -0.489 e. The SMILES string of the molecule is CC(NC(C)(C)C)C(O)COc1ccccc1C#N.Cl. The summed E-state index contributed by atoms with van der Waals surface area (Å²) in [5, 5.41) is 22.3. The van der Waals surface area contributed by atoms with Crippen LogP contribution in [0.5, 0.6) is 5.75 Å². The largest absolute Gasteiger partial charge is 0.489 e. The Morgan fingerprint density at radius 3 is 2.50 bits per heavy atom. The van der Waals surface area contributed by atoms with Gasteiger partial charge in [0, 0.05) is 11.6 Å². The van der Waals surface area contributed by atoms with E-state index in [1.165, 1.54) is 0 Å². The van der Waals surface area contributed by atoms with Crippen molar-refractivity contribution in [2.75, 3.05) is 6.61 Å². The van der Waals surface area contributed by atoms with Crippen LogP contribution in [0, 0.1) is 11.3 Å². The maximum atomic E-state index is 10.0. The van der Waals surface area contributed by atoms with Crippen molar-refractivity contribution in [3.8, 4) is 11.8 Å². The first-order valence-electron chi connectivity index (χ1n) is 6.41. The van der Waals surface area contributed by atoms with Crippen LogP contribution < -0.4 is 10.1 Å². The lowest BCUT2D eigenvalue weighted by atomic mass is 10.1. The zero-order chi connectivity index (χ0) is 14.5. The molecule has 2 unspecified atom stereocenters. The zero-order valence-electron chi connectivity index (χ0n) is 12.4. The van der Waals surface area contributed by atoms with E-state index in [9.17, 15) is 5.11 Å². The van der Waals surface area contributed by atoms with Gasteiger partial charge < -0.3 is 15.2 Å². The first kappa shape index (κ1) is 18.7. The lowest BCUT2D eigenvalue weighted by molar-refractivity contribution is 0.0697. The molecule has 112 valence electrons. The molecule has 0 heterocycles. The van der Waals surface area contributed by atoms with Gasteiger partial charge >= 0.3 is 0 Å². The average molecular weight is 299 g/mol. The van der Waals surface area contributed by atoms with Gasteiger partial charge in [0.25, 0.3) is 0 Å². The van der Waals surface area contributed by atoms with Gasteiger partial charge in [-0.1, -0.05) is 12.1 Å². The predicted molar refractivity (Wildman–Crippen MR) is 82.3 cm³/mol. The summed E-state index contributed by atoms with van der Waals surface area (Å²) < 4.78 is 5.51. The number of aliphatic hydroxyl groups is 1. The summed E-state index contributed by atoms with van der Waals surface area (Å²) in [5.41, 5.74) is 0.413. The maximum absolute atomic E-state index is 10.0. The summed E-state index contributed by atoms with van der Waals surface area (Å²) in [6, 6.07) is 8.99. The molecule has 2 N–H and O–H groups in total. The van der Waals surface area contributed by atoms with Crippen molar-refractivity contribution in [3.63, 3.8) is 0 Å². The Hall–Kier alpha value is -1.28. The van der Waals surface area contributed by atoms with Gasteiger partial charge in [0.2, 0.25) is 0 Å². The lowest BCUT2D eigenvalue weighted by Gasteiger charge is -2.29. The van der Waals surface area contributed by atoms with Gasteiger partial charge in [-0.15, -0.1) is 12.4 Å². The Bertz CT molecular complexity index is 452. The Morgan fingerprint density at radius 1 is 1.35 bits per heavy atom. The van der Waals surface area contributed by atoms with E-state index in [2.05, 4.69) is 11.4 Å². The third kappa shape index (κ3) is 6.25. The number of hydrogen-bond donors (Lipinski definition) is 2. The molecule has 1 rings (SSSR count). The van der Waals surface area contributed by atoms with E-state index in [-0.39, 0.29) is 30.6 Å². The first-order chi connectivity index (χ1) is 8.83.